The first-order valence-corrected chi connectivity index (χ1v) is 7.80. The van der Waals surface area contributed by atoms with E-state index in [-0.39, 0.29) is 11.7 Å². The van der Waals surface area contributed by atoms with Gasteiger partial charge >= 0.3 is 0 Å². The zero-order chi connectivity index (χ0) is 12.8. The zero-order valence-electron chi connectivity index (χ0n) is 10.9. The van der Waals surface area contributed by atoms with Gasteiger partial charge in [0.15, 0.2) is 0 Å². The van der Waals surface area contributed by atoms with Crippen LogP contribution in [0.5, 0.6) is 0 Å². The first-order chi connectivity index (χ1) is 7.24. The summed E-state index contributed by atoms with van der Waals surface area (Å²) in [7, 11) is -3.81. The highest BCUT2D eigenvalue weighted by molar-refractivity contribution is 7.85. The van der Waals surface area contributed by atoms with Crippen LogP contribution >= 0.6 is 0 Å². The van der Waals surface area contributed by atoms with Crippen LogP contribution in [0.2, 0.25) is 0 Å². The Labute approximate surface area is 100 Å². The highest BCUT2D eigenvalue weighted by Gasteiger charge is 2.16. The predicted molar refractivity (Wildman–Crippen MR) is 68.0 cm³/mol. The quantitative estimate of drug-likeness (QED) is 0.672. The molecule has 0 amide bonds. The lowest BCUT2D eigenvalue weighted by atomic mass is 9.88. The van der Waals surface area contributed by atoms with Gasteiger partial charge in [-0.2, -0.15) is 8.42 Å². The molecule has 0 aromatic carbocycles. The van der Waals surface area contributed by atoms with Gasteiger partial charge in [0.25, 0.3) is 10.1 Å². The molecule has 16 heavy (non-hydrogen) atoms. The minimum absolute atomic E-state index is 0.0406. The summed E-state index contributed by atoms with van der Waals surface area (Å²) in [6, 6.07) is 0. The SMILES string of the molecule is CCCC(C)CC(C)CC(C)CS(=O)(=O)O. The van der Waals surface area contributed by atoms with Crippen molar-refractivity contribution >= 4 is 10.1 Å². The first kappa shape index (κ1) is 15.9. The first-order valence-electron chi connectivity index (χ1n) is 6.19. The fourth-order valence-corrected chi connectivity index (χ4v) is 3.36. The molecule has 1 N–H and O–H groups in total. The molecular weight excluding hydrogens is 224 g/mol. The van der Waals surface area contributed by atoms with Gasteiger partial charge in [-0.3, -0.25) is 4.55 Å². The van der Waals surface area contributed by atoms with Gasteiger partial charge in [-0.15, -0.1) is 0 Å². The molecule has 3 nitrogen and oxygen atoms in total. The largest absolute Gasteiger partial charge is 0.286 e. The normalized spacial score (nSPS) is 18.1. The van der Waals surface area contributed by atoms with Crippen molar-refractivity contribution < 1.29 is 13.0 Å². The zero-order valence-corrected chi connectivity index (χ0v) is 11.8. The summed E-state index contributed by atoms with van der Waals surface area (Å²) < 4.78 is 30.1. The molecule has 0 saturated carbocycles. The van der Waals surface area contributed by atoms with Crippen molar-refractivity contribution in [2.24, 2.45) is 17.8 Å². The number of hydrogen-bond acceptors (Lipinski definition) is 2. The molecule has 0 aromatic rings. The van der Waals surface area contributed by atoms with Gasteiger partial charge in [0.1, 0.15) is 0 Å². The molecule has 4 heteroatoms. The Kier molecular flexibility index (Phi) is 7.24. The van der Waals surface area contributed by atoms with Crippen molar-refractivity contribution in [1.29, 1.82) is 0 Å². The van der Waals surface area contributed by atoms with E-state index in [1.165, 1.54) is 12.8 Å². The third kappa shape index (κ3) is 9.16. The van der Waals surface area contributed by atoms with Crippen molar-refractivity contribution in [3.05, 3.63) is 0 Å². The highest BCUT2D eigenvalue weighted by Crippen LogP contribution is 2.22. The summed E-state index contributed by atoms with van der Waals surface area (Å²) in [5.74, 6) is 1.16. The molecule has 0 bridgehead atoms. The monoisotopic (exact) mass is 250 g/mol. The Balaban J connectivity index is 3.91. The topological polar surface area (TPSA) is 54.4 Å². The molecule has 0 aliphatic rings. The fraction of sp³-hybridized carbons (Fsp3) is 1.00. The third-order valence-electron chi connectivity index (χ3n) is 2.89. The van der Waals surface area contributed by atoms with Crippen LogP contribution < -0.4 is 0 Å². The van der Waals surface area contributed by atoms with E-state index in [0.717, 1.165) is 12.8 Å². The maximum atomic E-state index is 10.7. The lowest BCUT2D eigenvalue weighted by Gasteiger charge is -2.19. The van der Waals surface area contributed by atoms with E-state index >= 15 is 0 Å². The minimum atomic E-state index is -3.81. The predicted octanol–water partition coefficient (Wildman–Crippen LogP) is 3.36. The Morgan fingerprint density at radius 1 is 1.00 bits per heavy atom. The molecule has 3 unspecified atom stereocenters. The van der Waals surface area contributed by atoms with Gasteiger partial charge in [0, 0.05) is 0 Å². The molecule has 0 radical (unpaired) electrons. The molecule has 98 valence electrons. The van der Waals surface area contributed by atoms with E-state index < -0.39 is 10.1 Å². The second-order valence-electron chi connectivity index (χ2n) is 5.32. The maximum absolute atomic E-state index is 10.7. The summed E-state index contributed by atoms with van der Waals surface area (Å²) in [5, 5.41) is 0. The number of rotatable bonds is 8. The van der Waals surface area contributed by atoms with Crippen LogP contribution in [0.4, 0.5) is 0 Å². The van der Waals surface area contributed by atoms with E-state index in [2.05, 4.69) is 20.8 Å². The molecule has 0 aromatic heterocycles. The van der Waals surface area contributed by atoms with E-state index in [9.17, 15) is 8.42 Å². The molecule has 0 rings (SSSR count). The summed E-state index contributed by atoms with van der Waals surface area (Å²) >= 11 is 0. The van der Waals surface area contributed by atoms with Gasteiger partial charge in [0.2, 0.25) is 0 Å². The summed E-state index contributed by atoms with van der Waals surface area (Å²) in [5.41, 5.74) is 0. The second kappa shape index (κ2) is 7.28. The van der Waals surface area contributed by atoms with Crippen molar-refractivity contribution in [1.82, 2.24) is 0 Å². The van der Waals surface area contributed by atoms with Gasteiger partial charge in [-0.1, -0.05) is 40.5 Å². The van der Waals surface area contributed by atoms with Gasteiger partial charge in [-0.05, 0) is 30.6 Å². The number of hydrogen-bond donors (Lipinski definition) is 1. The van der Waals surface area contributed by atoms with E-state index in [1.807, 2.05) is 6.92 Å². The van der Waals surface area contributed by atoms with E-state index in [4.69, 9.17) is 4.55 Å². The van der Waals surface area contributed by atoms with E-state index in [0.29, 0.717) is 11.8 Å². The minimum Gasteiger partial charge on any atom is -0.286 e. The Morgan fingerprint density at radius 2 is 1.50 bits per heavy atom. The fourth-order valence-electron chi connectivity index (χ4n) is 2.51. The van der Waals surface area contributed by atoms with Gasteiger partial charge in [0.05, 0.1) is 5.75 Å². The molecule has 0 saturated heterocycles. The molecular formula is C12H26O3S. The average Bonchev–Trinajstić information content (AvgIpc) is 1.98. The van der Waals surface area contributed by atoms with Crippen LogP contribution in [0.1, 0.15) is 53.4 Å². The van der Waals surface area contributed by atoms with Crippen molar-refractivity contribution in [2.45, 2.75) is 53.4 Å². The second-order valence-corrected chi connectivity index (χ2v) is 6.82. The van der Waals surface area contributed by atoms with Crippen molar-refractivity contribution in [3.63, 3.8) is 0 Å². The van der Waals surface area contributed by atoms with E-state index in [1.54, 1.807) is 0 Å². The maximum Gasteiger partial charge on any atom is 0.265 e. The van der Waals surface area contributed by atoms with Crippen LogP contribution in [0.15, 0.2) is 0 Å². The lowest BCUT2D eigenvalue weighted by Crippen LogP contribution is -2.16. The lowest BCUT2D eigenvalue weighted by molar-refractivity contribution is 0.339. The Morgan fingerprint density at radius 3 is 1.94 bits per heavy atom. The average molecular weight is 250 g/mol. The molecule has 3 atom stereocenters. The van der Waals surface area contributed by atoms with Crippen molar-refractivity contribution in [2.75, 3.05) is 5.75 Å². The Hall–Kier alpha value is -0.0900. The molecule has 0 spiro atoms. The third-order valence-corrected chi connectivity index (χ3v) is 3.88. The Bertz CT molecular complexity index is 272. The standard InChI is InChI=1S/C12H26O3S/c1-5-6-10(2)7-11(3)8-12(4)9-16(13,14)15/h10-12H,5-9H2,1-4H3,(H,13,14,15). The summed E-state index contributed by atoms with van der Waals surface area (Å²) in [6.07, 6.45) is 4.45. The molecule has 0 aliphatic carbocycles. The summed E-state index contributed by atoms with van der Waals surface area (Å²) in [4.78, 5) is 0. The van der Waals surface area contributed by atoms with Crippen LogP contribution in [0.3, 0.4) is 0 Å². The van der Waals surface area contributed by atoms with Crippen molar-refractivity contribution in [3.8, 4) is 0 Å². The smallest absolute Gasteiger partial charge is 0.265 e. The molecule has 0 fully saturated rings. The van der Waals surface area contributed by atoms with Crippen LogP contribution in [-0.2, 0) is 10.1 Å². The van der Waals surface area contributed by atoms with Gasteiger partial charge in [-0.25, -0.2) is 0 Å². The van der Waals surface area contributed by atoms with Crippen LogP contribution in [0, 0.1) is 17.8 Å². The van der Waals surface area contributed by atoms with Gasteiger partial charge < -0.3 is 0 Å². The summed E-state index contributed by atoms with van der Waals surface area (Å²) in [6.45, 7) is 8.47. The molecule has 0 heterocycles. The van der Waals surface area contributed by atoms with Crippen LogP contribution in [-0.4, -0.2) is 18.7 Å². The van der Waals surface area contributed by atoms with Crippen LogP contribution in [0.25, 0.3) is 0 Å². The molecule has 0 aliphatic heterocycles. The highest BCUT2D eigenvalue weighted by atomic mass is 32.2.